The van der Waals surface area contributed by atoms with Crippen molar-refractivity contribution >= 4 is 10.8 Å². The zero-order valence-electron chi connectivity index (χ0n) is 8.03. The van der Waals surface area contributed by atoms with E-state index in [2.05, 4.69) is 30.0 Å². The van der Waals surface area contributed by atoms with Gasteiger partial charge in [0.2, 0.25) is 0 Å². The van der Waals surface area contributed by atoms with E-state index in [1.165, 1.54) is 16.3 Å². The van der Waals surface area contributed by atoms with Gasteiger partial charge in [0.1, 0.15) is 6.61 Å². The lowest BCUT2D eigenvalue weighted by molar-refractivity contribution is -0.252. The van der Waals surface area contributed by atoms with E-state index in [0.717, 1.165) is 5.56 Å². The van der Waals surface area contributed by atoms with Crippen LogP contribution in [-0.2, 0) is 11.5 Å². The van der Waals surface area contributed by atoms with Gasteiger partial charge in [-0.05, 0) is 29.3 Å². The Hall–Kier alpha value is -1.38. The van der Waals surface area contributed by atoms with Gasteiger partial charge in [-0.3, -0.25) is 5.26 Å². The molecule has 0 saturated heterocycles. The molecule has 0 radical (unpaired) electrons. The highest BCUT2D eigenvalue weighted by Crippen LogP contribution is 2.17. The van der Waals surface area contributed by atoms with Crippen molar-refractivity contribution in [2.75, 3.05) is 0 Å². The molecule has 0 atom stereocenters. The van der Waals surface area contributed by atoms with Crippen molar-refractivity contribution in [2.24, 2.45) is 0 Å². The Balaban J connectivity index is 2.50. The van der Waals surface area contributed by atoms with Crippen molar-refractivity contribution in [3.63, 3.8) is 0 Å². The van der Waals surface area contributed by atoms with Crippen LogP contribution in [0.4, 0.5) is 0 Å². The number of rotatable bonds is 2. The molecule has 2 aromatic carbocycles. The van der Waals surface area contributed by atoms with Crippen LogP contribution in [0.2, 0.25) is 0 Å². The highest BCUT2D eigenvalue weighted by atomic mass is 17.1. The van der Waals surface area contributed by atoms with E-state index in [9.17, 15) is 0 Å². The topological polar surface area (TPSA) is 29.5 Å². The summed E-state index contributed by atoms with van der Waals surface area (Å²) in [6.07, 6.45) is 0. The summed E-state index contributed by atoms with van der Waals surface area (Å²) in [5.41, 5.74) is 2.23. The molecular formula is C12H12O2. The minimum absolute atomic E-state index is 0.240. The molecule has 0 aromatic heterocycles. The fourth-order valence-electron chi connectivity index (χ4n) is 1.58. The van der Waals surface area contributed by atoms with Gasteiger partial charge in [0.15, 0.2) is 0 Å². The lowest BCUT2D eigenvalue weighted by Crippen LogP contribution is -1.87. The van der Waals surface area contributed by atoms with Gasteiger partial charge in [0.25, 0.3) is 0 Å². The molecule has 0 heterocycles. The van der Waals surface area contributed by atoms with Crippen LogP contribution in [-0.4, -0.2) is 5.26 Å². The molecular weight excluding hydrogens is 176 g/mol. The van der Waals surface area contributed by atoms with E-state index in [0.29, 0.717) is 0 Å². The smallest absolute Gasteiger partial charge is 0.107 e. The molecule has 0 aliphatic carbocycles. The second kappa shape index (κ2) is 3.78. The fraction of sp³-hybridized carbons (Fsp3) is 0.167. The van der Waals surface area contributed by atoms with Crippen LogP contribution in [0, 0.1) is 6.92 Å². The molecule has 2 heteroatoms. The van der Waals surface area contributed by atoms with Gasteiger partial charge < -0.3 is 0 Å². The average Bonchev–Trinajstić information content (AvgIpc) is 2.19. The van der Waals surface area contributed by atoms with Crippen LogP contribution in [0.25, 0.3) is 10.8 Å². The summed E-state index contributed by atoms with van der Waals surface area (Å²) in [4.78, 5) is 4.10. The molecule has 2 rings (SSSR count). The Morgan fingerprint density at radius 3 is 2.57 bits per heavy atom. The molecule has 0 spiro atoms. The third-order valence-corrected chi connectivity index (χ3v) is 2.29. The van der Waals surface area contributed by atoms with Gasteiger partial charge in [-0.25, -0.2) is 4.89 Å². The van der Waals surface area contributed by atoms with Gasteiger partial charge in [-0.1, -0.05) is 35.9 Å². The van der Waals surface area contributed by atoms with Crippen LogP contribution in [0.15, 0.2) is 36.4 Å². The highest BCUT2D eigenvalue weighted by molar-refractivity contribution is 5.83. The predicted octanol–water partition coefficient (Wildman–Crippen LogP) is 3.14. The van der Waals surface area contributed by atoms with E-state index in [-0.39, 0.29) is 6.61 Å². The summed E-state index contributed by atoms with van der Waals surface area (Å²) in [6, 6.07) is 12.3. The van der Waals surface area contributed by atoms with E-state index >= 15 is 0 Å². The molecule has 0 aliphatic heterocycles. The van der Waals surface area contributed by atoms with Gasteiger partial charge in [0, 0.05) is 0 Å². The monoisotopic (exact) mass is 188 g/mol. The number of fused-ring (bicyclic) bond motifs is 1. The lowest BCUT2D eigenvalue weighted by Gasteiger charge is -2.02. The Morgan fingerprint density at radius 2 is 1.79 bits per heavy atom. The van der Waals surface area contributed by atoms with Crippen molar-refractivity contribution in [1.82, 2.24) is 0 Å². The summed E-state index contributed by atoms with van der Waals surface area (Å²) in [5.74, 6) is 0. The molecule has 0 saturated carbocycles. The second-order valence-corrected chi connectivity index (χ2v) is 3.46. The highest BCUT2D eigenvalue weighted by Gasteiger charge is 1.96. The first-order valence-electron chi connectivity index (χ1n) is 4.55. The summed E-state index contributed by atoms with van der Waals surface area (Å²) >= 11 is 0. The van der Waals surface area contributed by atoms with Gasteiger partial charge >= 0.3 is 0 Å². The first-order valence-corrected chi connectivity index (χ1v) is 4.55. The molecule has 1 N–H and O–H groups in total. The lowest BCUT2D eigenvalue weighted by atomic mass is 10.1. The Morgan fingerprint density at radius 1 is 1.07 bits per heavy atom. The molecule has 2 nitrogen and oxygen atoms in total. The summed E-state index contributed by atoms with van der Waals surface area (Å²) in [6.45, 7) is 2.31. The SMILES string of the molecule is Cc1ccc2cc(COO)ccc2c1. The maximum Gasteiger partial charge on any atom is 0.107 e. The Labute approximate surface area is 82.7 Å². The zero-order chi connectivity index (χ0) is 9.97. The van der Waals surface area contributed by atoms with E-state index < -0.39 is 0 Å². The quantitative estimate of drug-likeness (QED) is 0.579. The fourth-order valence-corrected chi connectivity index (χ4v) is 1.58. The molecule has 0 amide bonds. The molecule has 14 heavy (non-hydrogen) atoms. The Bertz CT molecular complexity index is 449. The second-order valence-electron chi connectivity index (χ2n) is 3.46. The Kier molecular flexibility index (Phi) is 2.48. The number of hydrogen-bond acceptors (Lipinski definition) is 2. The maximum absolute atomic E-state index is 8.34. The molecule has 0 aliphatic rings. The predicted molar refractivity (Wildman–Crippen MR) is 56.1 cm³/mol. The average molecular weight is 188 g/mol. The van der Waals surface area contributed by atoms with Crippen LogP contribution < -0.4 is 0 Å². The van der Waals surface area contributed by atoms with Crippen LogP contribution in [0.1, 0.15) is 11.1 Å². The van der Waals surface area contributed by atoms with E-state index in [4.69, 9.17) is 5.26 Å². The van der Waals surface area contributed by atoms with Gasteiger partial charge in [-0.15, -0.1) is 0 Å². The standard InChI is InChI=1S/C12H12O2/c1-9-2-4-12-7-10(8-14-13)3-5-11(12)6-9/h2-7,13H,8H2,1H3. The molecule has 72 valence electrons. The third-order valence-electron chi connectivity index (χ3n) is 2.29. The van der Waals surface area contributed by atoms with Gasteiger partial charge in [0.05, 0.1) is 0 Å². The van der Waals surface area contributed by atoms with Crippen molar-refractivity contribution in [3.05, 3.63) is 47.5 Å². The first kappa shape index (κ1) is 9.19. The molecule has 0 unspecified atom stereocenters. The van der Waals surface area contributed by atoms with Crippen molar-refractivity contribution in [3.8, 4) is 0 Å². The normalized spacial score (nSPS) is 10.7. The minimum atomic E-state index is 0.240. The number of aryl methyl sites for hydroxylation is 1. The summed E-state index contributed by atoms with van der Waals surface area (Å²) < 4.78 is 0. The van der Waals surface area contributed by atoms with E-state index in [1.807, 2.05) is 18.2 Å². The van der Waals surface area contributed by atoms with Gasteiger partial charge in [-0.2, -0.15) is 0 Å². The summed E-state index contributed by atoms with van der Waals surface area (Å²) in [7, 11) is 0. The molecule has 0 bridgehead atoms. The third kappa shape index (κ3) is 1.76. The maximum atomic E-state index is 8.34. The summed E-state index contributed by atoms with van der Waals surface area (Å²) in [5, 5.41) is 10.7. The van der Waals surface area contributed by atoms with Crippen LogP contribution in [0.3, 0.4) is 0 Å². The van der Waals surface area contributed by atoms with Crippen LogP contribution in [0.5, 0.6) is 0 Å². The number of hydrogen-bond donors (Lipinski definition) is 1. The van der Waals surface area contributed by atoms with Crippen molar-refractivity contribution in [2.45, 2.75) is 13.5 Å². The first-order chi connectivity index (χ1) is 6.79. The molecule has 2 aromatic rings. The zero-order valence-corrected chi connectivity index (χ0v) is 8.03. The van der Waals surface area contributed by atoms with Crippen LogP contribution >= 0.6 is 0 Å². The molecule has 0 fully saturated rings. The minimum Gasteiger partial charge on any atom is -0.251 e. The number of benzene rings is 2. The van der Waals surface area contributed by atoms with Crippen molar-refractivity contribution < 1.29 is 10.1 Å². The van der Waals surface area contributed by atoms with E-state index in [1.54, 1.807) is 0 Å². The largest absolute Gasteiger partial charge is 0.251 e. The van der Waals surface area contributed by atoms with Crippen molar-refractivity contribution in [1.29, 1.82) is 0 Å².